The molecule has 2 atom stereocenters. The number of likely N-dealkylation sites (tertiary alicyclic amines) is 1. The van der Waals surface area contributed by atoms with Gasteiger partial charge in [0.25, 0.3) is 5.56 Å². The summed E-state index contributed by atoms with van der Waals surface area (Å²) >= 11 is 12.8. The van der Waals surface area contributed by atoms with Crippen molar-refractivity contribution in [1.82, 2.24) is 19.8 Å². The molecule has 2 heterocycles. The quantitative estimate of drug-likeness (QED) is 0.315. The molecule has 246 valence electrons. The van der Waals surface area contributed by atoms with E-state index in [1.165, 1.54) is 6.07 Å². The molecule has 1 saturated heterocycles. The molecule has 0 spiro atoms. The molecule has 1 amide bonds. The molecular formula is C30H35Cl2F3N4O5S. The van der Waals surface area contributed by atoms with Crippen molar-refractivity contribution in [2.75, 3.05) is 18.8 Å². The van der Waals surface area contributed by atoms with Gasteiger partial charge in [0.1, 0.15) is 5.60 Å². The lowest BCUT2D eigenvalue weighted by molar-refractivity contribution is -0.138. The van der Waals surface area contributed by atoms with Crippen LogP contribution in [0.2, 0.25) is 10.0 Å². The van der Waals surface area contributed by atoms with Gasteiger partial charge in [-0.05, 0) is 82.0 Å². The lowest BCUT2D eigenvalue weighted by Crippen LogP contribution is -2.48. The zero-order valence-electron chi connectivity index (χ0n) is 25.5. The van der Waals surface area contributed by atoms with Gasteiger partial charge in [0, 0.05) is 34.8 Å². The summed E-state index contributed by atoms with van der Waals surface area (Å²) in [5, 5.41) is 2.24. The highest BCUT2D eigenvalue weighted by atomic mass is 35.5. The molecule has 4 rings (SSSR count). The number of halogens is 5. The molecule has 15 heteroatoms. The van der Waals surface area contributed by atoms with Crippen LogP contribution in [0.3, 0.4) is 0 Å². The normalized spacial score (nSPS) is 17.0. The number of hydrogen-bond acceptors (Lipinski definition) is 6. The van der Waals surface area contributed by atoms with E-state index in [4.69, 9.17) is 27.9 Å². The monoisotopic (exact) mass is 690 g/mol. The van der Waals surface area contributed by atoms with Crippen molar-refractivity contribution in [3.8, 4) is 0 Å². The number of rotatable bonds is 7. The van der Waals surface area contributed by atoms with Crippen LogP contribution in [0.5, 0.6) is 0 Å². The highest BCUT2D eigenvalue weighted by Crippen LogP contribution is 2.39. The first-order valence-electron chi connectivity index (χ1n) is 14.3. The van der Waals surface area contributed by atoms with Crippen molar-refractivity contribution in [3.05, 3.63) is 71.3 Å². The summed E-state index contributed by atoms with van der Waals surface area (Å²) in [6.07, 6.45) is -4.29. The van der Waals surface area contributed by atoms with Crippen LogP contribution in [-0.4, -0.2) is 55.2 Å². The second kappa shape index (κ2) is 13.5. The number of nitrogens with one attached hydrogen (secondary N) is 2. The third-order valence-corrected chi connectivity index (χ3v) is 9.57. The molecule has 9 nitrogen and oxygen atoms in total. The molecule has 0 saturated carbocycles. The Labute approximate surface area is 270 Å². The summed E-state index contributed by atoms with van der Waals surface area (Å²) in [6, 6.07) is 3.43. The first-order valence-corrected chi connectivity index (χ1v) is 16.4. The number of aryl methyl sites for hydroxylation is 1. The lowest BCUT2D eigenvalue weighted by atomic mass is 10.0. The second-order valence-electron chi connectivity index (χ2n) is 12.0. The van der Waals surface area contributed by atoms with E-state index >= 15 is 0 Å². The number of H-pyrrole nitrogens is 1. The van der Waals surface area contributed by atoms with Gasteiger partial charge in [-0.2, -0.15) is 13.2 Å². The Kier molecular flexibility index (Phi) is 10.5. The Bertz CT molecular complexity index is 1770. The molecule has 0 aliphatic carbocycles. The lowest BCUT2D eigenvalue weighted by Gasteiger charge is -2.34. The van der Waals surface area contributed by atoms with E-state index in [1.54, 1.807) is 45.6 Å². The van der Waals surface area contributed by atoms with Crippen LogP contribution in [0.15, 0.2) is 32.7 Å². The van der Waals surface area contributed by atoms with E-state index in [0.29, 0.717) is 41.5 Å². The minimum atomic E-state index is -4.88. The molecule has 2 N–H and O–H groups in total. The molecule has 1 unspecified atom stereocenters. The maximum Gasteiger partial charge on any atom is 0.416 e. The van der Waals surface area contributed by atoms with Gasteiger partial charge < -0.3 is 15.0 Å². The minimum Gasteiger partial charge on any atom is -0.444 e. The molecule has 1 fully saturated rings. The largest absolute Gasteiger partial charge is 0.444 e. The highest BCUT2D eigenvalue weighted by molar-refractivity contribution is 7.85. The van der Waals surface area contributed by atoms with Gasteiger partial charge in [-0.1, -0.05) is 30.1 Å². The molecule has 1 aromatic heterocycles. The van der Waals surface area contributed by atoms with Crippen molar-refractivity contribution in [1.29, 1.82) is 0 Å². The first-order chi connectivity index (χ1) is 20.9. The van der Waals surface area contributed by atoms with Crippen molar-refractivity contribution in [2.45, 2.75) is 83.3 Å². The Hall–Kier alpha value is -2.87. The number of piperidine rings is 1. The topological polar surface area (TPSA) is 114 Å². The van der Waals surface area contributed by atoms with Crippen LogP contribution < -0.4 is 16.6 Å². The summed E-state index contributed by atoms with van der Waals surface area (Å²) in [5.74, 6) is 0.264. The molecule has 1 aliphatic heterocycles. The number of ether oxygens (including phenoxy) is 1. The van der Waals surface area contributed by atoms with Gasteiger partial charge in [0.05, 0.1) is 38.8 Å². The number of carbonyl (C=O) groups is 1. The van der Waals surface area contributed by atoms with Crippen LogP contribution in [-0.2, 0) is 34.8 Å². The highest BCUT2D eigenvalue weighted by Gasteiger charge is 2.37. The third kappa shape index (κ3) is 8.11. The summed E-state index contributed by atoms with van der Waals surface area (Å²) in [6.45, 7) is 8.65. The third-order valence-electron chi connectivity index (χ3n) is 7.37. The number of fused-ring (bicyclic) bond motifs is 1. The standard InChI is InChI=1S/C30H35Cl2F3N4O5S/c1-6-45(43)25-16(2)10-18(31)11-17(25)13-39-26(40)20-12-22(30(33,34)35)21(23(32)24(20)37-27(39)41)15-38-9-7-8-19(14-38)36-28(42)44-29(3,4)5/h10-12,19H,6-9,13-15H2,1-5H3,(H,36,42)(H,37,41)/t19-,45?/m1/s1. The van der Waals surface area contributed by atoms with Crippen LogP contribution in [0.1, 0.15) is 62.8 Å². The first kappa shape index (κ1) is 35.0. The predicted molar refractivity (Wildman–Crippen MR) is 169 cm³/mol. The van der Waals surface area contributed by atoms with E-state index in [-0.39, 0.29) is 47.5 Å². The number of alkyl carbamates (subject to hydrolysis) is 1. The average molecular weight is 692 g/mol. The molecule has 1 aliphatic rings. The maximum absolute atomic E-state index is 14.5. The molecular weight excluding hydrogens is 656 g/mol. The number of aromatic nitrogens is 2. The van der Waals surface area contributed by atoms with Crippen molar-refractivity contribution in [2.24, 2.45) is 0 Å². The second-order valence-corrected chi connectivity index (χ2v) is 14.5. The summed E-state index contributed by atoms with van der Waals surface area (Å²) < 4.78 is 62.2. The molecule has 45 heavy (non-hydrogen) atoms. The molecule has 0 radical (unpaired) electrons. The van der Waals surface area contributed by atoms with E-state index in [9.17, 15) is 31.8 Å². The van der Waals surface area contributed by atoms with Crippen molar-refractivity contribution >= 4 is 51.0 Å². The van der Waals surface area contributed by atoms with Gasteiger partial charge >= 0.3 is 18.0 Å². The fourth-order valence-electron chi connectivity index (χ4n) is 5.52. The zero-order valence-corrected chi connectivity index (χ0v) is 27.8. The van der Waals surface area contributed by atoms with Crippen LogP contribution in [0, 0.1) is 6.92 Å². The minimum absolute atomic E-state index is 0.217. The maximum atomic E-state index is 14.5. The summed E-state index contributed by atoms with van der Waals surface area (Å²) in [4.78, 5) is 43.7. The molecule has 2 aromatic carbocycles. The van der Waals surface area contributed by atoms with Gasteiger partial charge in [0.15, 0.2) is 0 Å². The SMILES string of the molecule is CCS(=O)c1c(C)cc(Cl)cc1Cn1c(=O)[nH]c2c(Cl)c(CN3CCC[C@@H](NC(=O)OC(C)(C)C)C3)c(C(F)(F)F)cc2c1=O. The Morgan fingerprint density at radius 3 is 2.47 bits per heavy atom. The van der Waals surface area contributed by atoms with E-state index in [0.717, 1.165) is 4.57 Å². The number of benzene rings is 2. The number of amides is 1. The number of carbonyl (C=O) groups excluding carboxylic acids is 1. The van der Waals surface area contributed by atoms with E-state index in [1.807, 2.05) is 0 Å². The Balaban J connectivity index is 1.74. The van der Waals surface area contributed by atoms with Crippen molar-refractivity contribution in [3.63, 3.8) is 0 Å². The fraction of sp³-hybridized carbons (Fsp3) is 0.500. The van der Waals surface area contributed by atoms with Gasteiger partial charge in [-0.3, -0.25) is 18.5 Å². The fourth-order valence-corrected chi connectivity index (χ4v) is 7.25. The predicted octanol–water partition coefficient (Wildman–Crippen LogP) is 5.99. The number of aromatic amines is 1. The number of nitrogens with zero attached hydrogens (tertiary/aromatic N) is 2. The van der Waals surface area contributed by atoms with Gasteiger partial charge in [-0.15, -0.1) is 0 Å². The van der Waals surface area contributed by atoms with Crippen LogP contribution in [0.25, 0.3) is 10.9 Å². The van der Waals surface area contributed by atoms with Gasteiger partial charge in [0.2, 0.25) is 0 Å². The van der Waals surface area contributed by atoms with Crippen LogP contribution >= 0.6 is 23.2 Å². The number of alkyl halides is 3. The van der Waals surface area contributed by atoms with E-state index < -0.39 is 55.9 Å². The Morgan fingerprint density at radius 2 is 1.84 bits per heavy atom. The summed E-state index contributed by atoms with van der Waals surface area (Å²) in [7, 11) is -1.46. The molecule has 0 bridgehead atoms. The average Bonchev–Trinajstić information content (AvgIpc) is 2.90. The van der Waals surface area contributed by atoms with E-state index in [2.05, 4.69) is 10.3 Å². The smallest absolute Gasteiger partial charge is 0.416 e. The number of hydrogen-bond donors (Lipinski definition) is 2. The van der Waals surface area contributed by atoms with Crippen LogP contribution in [0.4, 0.5) is 18.0 Å². The van der Waals surface area contributed by atoms with Gasteiger partial charge in [-0.25, -0.2) is 9.59 Å². The summed E-state index contributed by atoms with van der Waals surface area (Å²) in [5.41, 5.74) is -3.29. The Morgan fingerprint density at radius 1 is 1.16 bits per heavy atom. The zero-order chi connectivity index (χ0) is 33.4. The van der Waals surface area contributed by atoms with Crippen molar-refractivity contribution < 1.29 is 26.9 Å². The molecule has 3 aromatic rings.